The van der Waals surface area contributed by atoms with Crippen molar-refractivity contribution in [3.05, 3.63) is 35.9 Å². The fourth-order valence-electron chi connectivity index (χ4n) is 1.54. The summed E-state index contributed by atoms with van der Waals surface area (Å²) < 4.78 is 29.4. The summed E-state index contributed by atoms with van der Waals surface area (Å²) in [4.78, 5) is 23.2. The maximum absolute atomic E-state index is 12.3. The molecule has 5 nitrogen and oxygen atoms in total. The number of benzene rings is 1. The Balaban J connectivity index is 2.58. The first kappa shape index (κ1) is 15.9. The number of rotatable bonds is 6. The summed E-state index contributed by atoms with van der Waals surface area (Å²) in [5.74, 6) is -1.50. The summed E-state index contributed by atoms with van der Waals surface area (Å²) in [6, 6.07) is 7.13. The van der Waals surface area contributed by atoms with Crippen LogP contribution >= 0.6 is 0 Å². The first-order valence-electron chi connectivity index (χ1n) is 5.86. The zero-order valence-electron chi connectivity index (χ0n) is 10.8. The molecule has 1 unspecified atom stereocenters. The van der Waals surface area contributed by atoms with Crippen LogP contribution in [0.4, 0.5) is 13.6 Å². The highest BCUT2D eigenvalue weighted by molar-refractivity contribution is 5.79. The molecule has 1 atom stereocenters. The van der Waals surface area contributed by atoms with Gasteiger partial charge in [-0.05, 0) is 5.56 Å². The molecule has 1 N–H and O–H groups in total. The largest absolute Gasteiger partial charge is 0.480 e. The lowest BCUT2D eigenvalue weighted by atomic mass is 10.2. The number of carbonyl (C=O) groups is 2. The van der Waals surface area contributed by atoms with Gasteiger partial charge in [0.2, 0.25) is 6.43 Å². The summed E-state index contributed by atoms with van der Waals surface area (Å²) in [6.07, 6.45) is -4.71. The smallest absolute Gasteiger partial charge is 0.410 e. The Morgan fingerprint density at radius 1 is 1.30 bits per heavy atom. The van der Waals surface area contributed by atoms with Crippen LogP contribution in [0.3, 0.4) is 0 Å². The lowest BCUT2D eigenvalue weighted by Crippen LogP contribution is -2.43. The third-order valence-electron chi connectivity index (χ3n) is 2.65. The topological polar surface area (TPSA) is 66.8 Å². The van der Waals surface area contributed by atoms with Crippen molar-refractivity contribution in [2.45, 2.75) is 25.5 Å². The van der Waals surface area contributed by atoms with Crippen molar-refractivity contribution in [1.29, 1.82) is 0 Å². The maximum Gasteiger partial charge on any atom is 0.410 e. The molecule has 1 rings (SSSR count). The summed E-state index contributed by atoms with van der Waals surface area (Å²) in [6.45, 7) is -0.0506. The van der Waals surface area contributed by atoms with E-state index < -0.39 is 31.0 Å². The Hall–Kier alpha value is -2.18. The highest BCUT2D eigenvalue weighted by atomic mass is 19.3. The molecule has 1 aromatic rings. The average Bonchev–Trinajstić information content (AvgIpc) is 2.42. The lowest BCUT2D eigenvalue weighted by Gasteiger charge is -2.23. The monoisotopic (exact) mass is 287 g/mol. The van der Waals surface area contributed by atoms with Gasteiger partial charge in [0.25, 0.3) is 0 Å². The number of likely N-dealkylation sites (N-methyl/N-ethyl adjacent to an activating group) is 1. The molecule has 20 heavy (non-hydrogen) atoms. The Labute approximate surface area is 114 Å². The van der Waals surface area contributed by atoms with E-state index in [-0.39, 0.29) is 6.61 Å². The number of ether oxygens (including phenoxy) is 1. The third kappa shape index (κ3) is 4.83. The second-order valence-electron chi connectivity index (χ2n) is 4.13. The Morgan fingerprint density at radius 2 is 1.90 bits per heavy atom. The van der Waals surface area contributed by atoms with Gasteiger partial charge in [-0.2, -0.15) is 0 Å². The maximum atomic E-state index is 12.3. The zero-order valence-corrected chi connectivity index (χ0v) is 10.8. The van der Waals surface area contributed by atoms with Gasteiger partial charge >= 0.3 is 12.1 Å². The van der Waals surface area contributed by atoms with Gasteiger partial charge in [0, 0.05) is 13.5 Å². The van der Waals surface area contributed by atoms with Gasteiger partial charge in [-0.25, -0.2) is 18.4 Å². The molecule has 0 fully saturated rings. The number of carboxylic acids is 1. The molecule has 0 radical (unpaired) electrons. The molecule has 0 heterocycles. The Kier molecular flexibility index (Phi) is 5.89. The number of hydrogen-bond acceptors (Lipinski definition) is 3. The summed E-state index contributed by atoms with van der Waals surface area (Å²) in [5.41, 5.74) is 0.718. The van der Waals surface area contributed by atoms with Gasteiger partial charge in [-0.15, -0.1) is 0 Å². The third-order valence-corrected chi connectivity index (χ3v) is 2.65. The van der Waals surface area contributed by atoms with E-state index in [2.05, 4.69) is 0 Å². The van der Waals surface area contributed by atoms with Crippen molar-refractivity contribution in [2.75, 3.05) is 7.05 Å². The molecule has 0 aliphatic rings. The minimum absolute atomic E-state index is 0.0506. The number of alkyl halides is 2. The fourth-order valence-corrected chi connectivity index (χ4v) is 1.54. The van der Waals surface area contributed by atoms with Crippen LogP contribution < -0.4 is 0 Å². The van der Waals surface area contributed by atoms with Crippen LogP contribution in [-0.2, 0) is 16.1 Å². The molecule has 0 saturated carbocycles. The van der Waals surface area contributed by atoms with Crippen molar-refractivity contribution in [3.8, 4) is 0 Å². The number of aliphatic carboxylic acids is 1. The lowest BCUT2D eigenvalue weighted by molar-refractivity contribution is -0.143. The number of nitrogens with zero attached hydrogens (tertiary/aromatic N) is 1. The molecule has 0 aliphatic heterocycles. The predicted molar refractivity (Wildman–Crippen MR) is 66.4 cm³/mol. The molecule has 110 valence electrons. The van der Waals surface area contributed by atoms with Gasteiger partial charge in [-0.3, -0.25) is 4.90 Å². The van der Waals surface area contributed by atoms with E-state index in [0.29, 0.717) is 4.90 Å². The van der Waals surface area contributed by atoms with Crippen LogP contribution in [-0.4, -0.2) is 41.6 Å². The molecule has 0 bridgehead atoms. The fraction of sp³-hybridized carbons (Fsp3) is 0.385. The summed E-state index contributed by atoms with van der Waals surface area (Å²) in [7, 11) is 1.12. The van der Waals surface area contributed by atoms with Crippen molar-refractivity contribution in [1.82, 2.24) is 4.90 Å². The van der Waals surface area contributed by atoms with Crippen LogP contribution in [0, 0.1) is 0 Å². The van der Waals surface area contributed by atoms with Gasteiger partial charge in [0.05, 0.1) is 0 Å². The molecule has 0 aliphatic carbocycles. The van der Waals surface area contributed by atoms with E-state index in [4.69, 9.17) is 9.84 Å². The van der Waals surface area contributed by atoms with E-state index in [1.165, 1.54) is 0 Å². The predicted octanol–water partition coefficient (Wildman–Crippen LogP) is 2.36. The summed E-state index contributed by atoms with van der Waals surface area (Å²) >= 11 is 0. The minimum Gasteiger partial charge on any atom is -0.480 e. The van der Waals surface area contributed by atoms with Gasteiger partial charge in [-0.1, -0.05) is 30.3 Å². The first-order chi connectivity index (χ1) is 9.41. The van der Waals surface area contributed by atoms with E-state index in [9.17, 15) is 18.4 Å². The molecule has 0 aromatic heterocycles. The first-order valence-corrected chi connectivity index (χ1v) is 5.86. The SMILES string of the molecule is CN(C(=O)OCc1ccccc1)C(CC(F)F)C(=O)O. The number of hydrogen-bond donors (Lipinski definition) is 1. The van der Waals surface area contributed by atoms with Gasteiger partial charge < -0.3 is 9.84 Å². The van der Waals surface area contributed by atoms with Gasteiger partial charge in [0.15, 0.2) is 0 Å². The average molecular weight is 287 g/mol. The van der Waals surface area contributed by atoms with E-state index >= 15 is 0 Å². The van der Waals surface area contributed by atoms with Crippen LogP contribution in [0.25, 0.3) is 0 Å². The minimum atomic E-state index is -2.82. The van der Waals surface area contributed by atoms with Crippen LogP contribution in [0.15, 0.2) is 30.3 Å². The number of carbonyl (C=O) groups excluding carboxylic acids is 1. The molecular weight excluding hydrogens is 272 g/mol. The molecule has 7 heteroatoms. The van der Waals surface area contributed by atoms with Crippen molar-refractivity contribution < 1.29 is 28.2 Å². The highest BCUT2D eigenvalue weighted by Crippen LogP contribution is 2.12. The van der Waals surface area contributed by atoms with Gasteiger partial charge in [0.1, 0.15) is 12.6 Å². The molecule has 1 amide bonds. The second kappa shape index (κ2) is 7.42. The van der Waals surface area contributed by atoms with Crippen LogP contribution in [0.5, 0.6) is 0 Å². The zero-order chi connectivity index (χ0) is 15.1. The van der Waals surface area contributed by atoms with E-state index in [1.807, 2.05) is 0 Å². The molecule has 1 aromatic carbocycles. The Bertz CT molecular complexity index is 453. The van der Waals surface area contributed by atoms with Crippen molar-refractivity contribution >= 4 is 12.1 Å². The van der Waals surface area contributed by atoms with E-state index in [0.717, 1.165) is 12.6 Å². The standard InChI is InChI=1S/C13H15F2NO4/c1-16(10(12(17)18)7-11(14)15)13(19)20-8-9-5-3-2-4-6-9/h2-6,10-11H,7-8H2,1H3,(H,17,18). The van der Waals surface area contributed by atoms with E-state index in [1.54, 1.807) is 30.3 Å². The summed E-state index contributed by atoms with van der Waals surface area (Å²) in [5, 5.41) is 8.84. The highest BCUT2D eigenvalue weighted by Gasteiger charge is 2.30. The van der Waals surface area contributed by atoms with Crippen molar-refractivity contribution in [2.24, 2.45) is 0 Å². The molecular formula is C13H15F2NO4. The molecule has 0 spiro atoms. The second-order valence-corrected chi connectivity index (χ2v) is 4.13. The van der Waals surface area contributed by atoms with Crippen LogP contribution in [0.2, 0.25) is 0 Å². The number of halogens is 2. The van der Waals surface area contributed by atoms with Crippen LogP contribution in [0.1, 0.15) is 12.0 Å². The van der Waals surface area contributed by atoms with Crippen molar-refractivity contribution in [3.63, 3.8) is 0 Å². The number of carboxylic acid groups (broad SMARTS) is 1. The quantitative estimate of drug-likeness (QED) is 0.872. The molecule has 0 saturated heterocycles. The normalized spacial score (nSPS) is 12.0. The number of amides is 1. The Morgan fingerprint density at radius 3 is 2.40 bits per heavy atom.